The summed E-state index contributed by atoms with van der Waals surface area (Å²) < 4.78 is 5.41. The number of fused-ring (bicyclic) bond motifs is 1. The molecule has 180 valence electrons. The highest BCUT2D eigenvalue weighted by Gasteiger charge is 2.30. The standard InChI is InChI=1S/C27H33N3O3S/c1-18-5-4-6-20(15-18)26(31)29-25(11-14-34-3)27(32)30-12-9-19(10-13-30)23-17-28-24-8-7-21(33-2)16-22(23)24/h4-8,15-17,19,25,28H,9-14H2,1-3H3,(H,29,31). The van der Waals surface area contributed by atoms with Crippen molar-refractivity contribution in [2.75, 3.05) is 32.2 Å². The Balaban J connectivity index is 1.42. The number of likely N-dealkylation sites (tertiary alicyclic amines) is 1. The number of methoxy groups -OCH3 is 1. The molecule has 0 saturated carbocycles. The topological polar surface area (TPSA) is 74.4 Å². The molecule has 2 aromatic carbocycles. The average molecular weight is 480 g/mol. The second-order valence-electron chi connectivity index (χ2n) is 8.93. The number of aryl methyl sites for hydroxylation is 1. The molecule has 1 unspecified atom stereocenters. The minimum absolute atomic E-state index is 0.0223. The van der Waals surface area contributed by atoms with Gasteiger partial charge >= 0.3 is 0 Å². The van der Waals surface area contributed by atoms with Crippen molar-refractivity contribution in [2.24, 2.45) is 0 Å². The van der Waals surface area contributed by atoms with Crippen molar-refractivity contribution in [1.29, 1.82) is 0 Å². The third kappa shape index (κ3) is 5.41. The van der Waals surface area contributed by atoms with Gasteiger partial charge in [-0.25, -0.2) is 0 Å². The lowest BCUT2D eigenvalue weighted by Crippen LogP contribution is -2.50. The summed E-state index contributed by atoms with van der Waals surface area (Å²) in [6, 6.07) is 13.1. The van der Waals surface area contributed by atoms with Gasteiger partial charge in [0.25, 0.3) is 5.91 Å². The van der Waals surface area contributed by atoms with Crippen LogP contribution in [0.3, 0.4) is 0 Å². The van der Waals surface area contributed by atoms with E-state index in [0.29, 0.717) is 31.0 Å². The van der Waals surface area contributed by atoms with E-state index < -0.39 is 6.04 Å². The van der Waals surface area contributed by atoms with Crippen LogP contribution in [0.25, 0.3) is 10.9 Å². The van der Waals surface area contributed by atoms with Gasteiger partial charge in [0, 0.05) is 35.8 Å². The number of nitrogens with one attached hydrogen (secondary N) is 2. The van der Waals surface area contributed by atoms with Crippen LogP contribution in [0.1, 0.15) is 46.7 Å². The highest BCUT2D eigenvalue weighted by atomic mass is 32.2. The quantitative estimate of drug-likeness (QED) is 0.489. The Morgan fingerprint density at radius 1 is 1.21 bits per heavy atom. The van der Waals surface area contributed by atoms with Crippen molar-refractivity contribution in [3.8, 4) is 5.75 Å². The predicted octanol–water partition coefficient (Wildman–Crippen LogP) is 4.74. The molecule has 1 atom stereocenters. The molecule has 1 aliphatic heterocycles. The lowest BCUT2D eigenvalue weighted by atomic mass is 9.89. The van der Waals surface area contributed by atoms with Gasteiger partial charge in [-0.3, -0.25) is 9.59 Å². The van der Waals surface area contributed by atoms with E-state index in [2.05, 4.69) is 22.6 Å². The smallest absolute Gasteiger partial charge is 0.251 e. The van der Waals surface area contributed by atoms with Crippen LogP contribution in [-0.2, 0) is 4.79 Å². The lowest BCUT2D eigenvalue weighted by Gasteiger charge is -2.34. The van der Waals surface area contributed by atoms with E-state index >= 15 is 0 Å². The van der Waals surface area contributed by atoms with Gasteiger partial charge in [-0.15, -0.1) is 0 Å². The molecular formula is C27H33N3O3S. The number of benzene rings is 2. The molecule has 2 N–H and O–H groups in total. The Labute approximate surface area is 205 Å². The van der Waals surface area contributed by atoms with E-state index in [1.807, 2.05) is 48.4 Å². The molecular weight excluding hydrogens is 446 g/mol. The highest BCUT2D eigenvalue weighted by Crippen LogP contribution is 2.35. The van der Waals surface area contributed by atoms with Crippen LogP contribution in [0.2, 0.25) is 0 Å². The van der Waals surface area contributed by atoms with Crippen LogP contribution in [0.4, 0.5) is 0 Å². The van der Waals surface area contributed by atoms with Crippen molar-refractivity contribution in [2.45, 2.75) is 38.1 Å². The number of piperidine rings is 1. The summed E-state index contributed by atoms with van der Waals surface area (Å²) >= 11 is 1.69. The van der Waals surface area contributed by atoms with Crippen molar-refractivity contribution >= 4 is 34.5 Å². The van der Waals surface area contributed by atoms with Crippen LogP contribution in [-0.4, -0.2) is 59.9 Å². The van der Waals surface area contributed by atoms with E-state index in [9.17, 15) is 9.59 Å². The molecule has 6 nitrogen and oxygen atoms in total. The van der Waals surface area contributed by atoms with Crippen molar-refractivity contribution in [1.82, 2.24) is 15.2 Å². The molecule has 0 spiro atoms. The molecule has 7 heteroatoms. The van der Waals surface area contributed by atoms with Gasteiger partial charge in [-0.2, -0.15) is 11.8 Å². The van der Waals surface area contributed by atoms with Gasteiger partial charge in [0.15, 0.2) is 0 Å². The molecule has 0 bridgehead atoms. The second-order valence-corrected chi connectivity index (χ2v) is 9.92. The van der Waals surface area contributed by atoms with E-state index in [1.165, 1.54) is 10.9 Å². The lowest BCUT2D eigenvalue weighted by molar-refractivity contribution is -0.134. The number of H-pyrrole nitrogens is 1. The zero-order chi connectivity index (χ0) is 24.1. The molecule has 0 radical (unpaired) electrons. The molecule has 2 amide bonds. The zero-order valence-corrected chi connectivity index (χ0v) is 20.9. The molecule has 1 fully saturated rings. The summed E-state index contributed by atoms with van der Waals surface area (Å²) in [4.78, 5) is 31.5. The van der Waals surface area contributed by atoms with Crippen LogP contribution in [0.5, 0.6) is 5.75 Å². The minimum atomic E-state index is -0.505. The number of aromatic nitrogens is 1. The number of amides is 2. The summed E-state index contributed by atoms with van der Waals surface area (Å²) in [5, 5.41) is 4.19. The summed E-state index contributed by atoms with van der Waals surface area (Å²) in [6.45, 7) is 3.34. The average Bonchev–Trinajstić information content (AvgIpc) is 3.29. The molecule has 1 aromatic heterocycles. The Bertz CT molecular complexity index is 1150. The number of carbonyl (C=O) groups excluding carboxylic acids is 2. The maximum atomic E-state index is 13.4. The first-order valence-corrected chi connectivity index (χ1v) is 13.2. The highest BCUT2D eigenvalue weighted by molar-refractivity contribution is 7.98. The monoisotopic (exact) mass is 479 g/mol. The van der Waals surface area contributed by atoms with Crippen LogP contribution in [0.15, 0.2) is 48.7 Å². The molecule has 1 saturated heterocycles. The first-order chi connectivity index (χ1) is 16.5. The van der Waals surface area contributed by atoms with Crippen LogP contribution < -0.4 is 10.1 Å². The fourth-order valence-corrected chi connectivity index (χ4v) is 5.21. The fourth-order valence-electron chi connectivity index (χ4n) is 4.74. The fraction of sp³-hybridized carbons (Fsp3) is 0.407. The number of thioether (sulfide) groups is 1. The Morgan fingerprint density at radius 2 is 2.00 bits per heavy atom. The number of hydrogen-bond donors (Lipinski definition) is 2. The number of carbonyl (C=O) groups is 2. The SMILES string of the molecule is COc1ccc2[nH]cc(C3CCN(C(=O)C(CCSC)NC(=O)c4cccc(C)c4)CC3)c2c1. The maximum absolute atomic E-state index is 13.4. The van der Waals surface area contributed by atoms with Crippen LogP contribution >= 0.6 is 11.8 Å². The van der Waals surface area contributed by atoms with Gasteiger partial charge < -0.3 is 19.9 Å². The Hall–Kier alpha value is -2.93. The van der Waals surface area contributed by atoms with Crippen LogP contribution in [0, 0.1) is 6.92 Å². The van der Waals surface area contributed by atoms with Gasteiger partial charge in [-0.1, -0.05) is 17.7 Å². The number of ether oxygens (including phenoxy) is 1. The van der Waals surface area contributed by atoms with Gasteiger partial charge in [0.05, 0.1) is 7.11 Å². The minimum Gasteiger partial charge on any atom is -0.497 e. The number of hydrogen-bond acceptors (Lipinski definition) is 4. The summed E-state index contributed by atoms with van der Waals surface area (Å²) in [5.41, 5.74) is 4.00. The molecule has 0 aliphatic carbocycles. The predicted molar refractivity (Wildman–Crippen MR) is 139 cm³/mol. The second kappa shape index (κ2) is 11.0. The maximum Gasteiger partial charge on any atom is 0.251 e. The molecule has 34 heavy (non-hydrogen) atoms. The normalized spacial score (nSPS) is 15.3. The number of aromatic amines is 1. The Kier molecular flexibility index (Phi) is 7.83. The third-order valence-electron chi connectivity index (χ3n) is 6.66. The third-order valence-corrected chi connectivity index (χ3v) is 7.31. The van der Waals surface area contributed by atoms with E-state index in [1.54, 1.807) is 24.9 Å². The van der Waals surface area contributed by atoms with Crippen molar-refractivity contribution in [3.63, 3.8) is 0 Å². The zero-order valence-electron chi connectivity index (χ0n) is 20.1. The van der Waals surface area contributed by atoms with Crippen molar-refractivity contribution < 1.29 is 14.3 Å². The summed E-state index contributed by atoms with van der Waals surface area (Å²) in [7, 11) is 1.68. The number of rotatable bonds is 8. The molecule has 4 rings (SSSR count). The van der Waals surface area contributed by atoms with E-state index in [-0.39, 0.29) is 11.8 Å². The van der Waals surface area contributed by atoms with Gasteiger partial charge in [-0.05, 0) is 80.0 Å². The van der Waals surface area contributed by atoms with E-state index in [4.69, 9.17) is 4.74 Å². The Morgan fingerprint density at radius 3 is 2.71 bits per heavy atom. The van der Waals surface area contributed by atoms with E-state index in [0.717, 1.165) is 35.4 Å². The molecule has 1 aliphatic rings. The molecule has 2 heterocycles. The summed E-state index contributed by atoms with van der Waals surface area (Å²) in [6.07, 6.45) is 6.54. The van der Waals surface area contributed by atoms with Gasteiger partial charge in [0.1, 0.15) is 11.8 Å². The largest absolute Gasteiger partial charge is 0.497 e. The first-order valence-electron chi connectivity index (χ1n) is 11.8. The molecule has 3 aromatic rings. The van der Waals surface area contributed by atoms with Crippen molar-refractivity contribution in [3.05, 3.63) is 65.4 Å². The van der Waals surface area contributed by atoms with Gasteiger partial charge in [0.2, 0.25) is 5.91 Å². The summed E-state index contributed by atoms with van der Waals surface area (Å²) in [5.74, 6) is 1.89. The number of nitrogens with zero attached hydrogens (tertiary/aromatic N) is 1. The first kappa shape index (κ1) is 24.2.